The SMILES string of the molecule is CCCCCCCCCCCCCCC(COC(=O)CCCCC1CCSS1)OC(=O)CCCCC1CCSS1. The van der Waals surface area contributed by atoms with Gasteiger partial charge in [0.05, 0.1) is 0 Å². The van der Waals surface area contributed by atoms with E-state index in [-0.39, 0.29) is 24.6 Å². The van der Waals surface area contributed by atoms with Crippen molar-refractivity contribution in [2.75, 3.05) is 18.1 Å². The highest BCUT2D eigenvalue weighted by Gasteiger charge is 2.19. The van der Waals surface area contributed by atoms with E-state index in [0.29, 0.717) is 12.8 Å². The molecule has 2 fully saturated rings. The van der Waals surface area contributed by atoms with Gasteiger partial charge < -0.3 is 9.47 Å². The van der Waals surface area contributed by atoms with Gasteiger partial charge in [0.25, 0.3) is 0 Å². The summed E-state index contributed by atoms with van der Waals surface area (Å²) < 4.78 is 11.4. The minimum atomic E-state index is -0.298. The van der Waals surface area contributed by atoms with Gasteiger partial charge in [-0.3, -0.25) is 9.59 Å². The summed E-state index contributed by atoms with van der Waals surface area (Å²) in [5.41, 5.74) is 0. The van der Waals surface area contributed by atoms with Crippen LogP contribution in [-0.4, -0.2) is 46.7 Å². The second kappa shape index (κ2) is 25.8. The van der Waals surface area contributed by atoms with Crippen molar-refractivity contribution in [3.05, 3.63) is 0 Å². The molecule has 2 saturated heterocycles. The molecule has 40 heavy (non-hydrogen) atoms. The van der Waals surface area contributed by atoms with Crippen LogP contribution in [0.5, 0.6) is 0 Å². The molecule has 0 saturated carbocycles. The molecule has 0 N–H and O–H groups in total. The van der Waals surface area contributed by atoms with Crippen molar-refractivity contribution in [3.8, 4) is 0 Å². The molecule has 0 bridgehead atoms. The van der Waals surface area contributed by atoms with Crippen molar-refractivity contribution in [3.63, 3.8) is 0 Å². The van der Waals surface area contributed by atoms with E-state index in [1.807, 2.05) is 43.2 Å². The summed E-state index contributed by atoms with van der Waals surface area (Å²) >= 11 is 0. The van der Waals surface area contributed by atoms with Gasteiger partial charge in [-0.25, -0.2) is 0 Å². The number of carbonyl (C=O) groups is 2. The van der Waals surface area contributed by atoms with Gasteiger partial charge in [-0.2, -0.15) is 0 Å². The molecule has 0 radical (unpaired) electrons. The highest BCUT2D eigenvalue weighted by atomic mass is 33.1. The third kappa shape index (κ3) is 20.3. The van der Waals surface area contributed by atoms with E-state index in [0.717, 1.165) is 55.4 Å². The maximum absolute atomic E-state index is 12.6. The van der Waals surface area contributed by atoms with Gasteiger partial charge in [0, 0.05) is 34.8 Å². The second-order valence-corrected chi connectivity index (χ2v) is 17.2. The number of hydrogen-bond acceptors (Lipinski definition) is 8. The number of carbonyl (C=O) groups excluding carboxylic acids is 2. The van der Waals surface area contributed by atoms with Gasteiger partial charge in [0.2, 0.25) is 0 Å². The molecule has 0 aliphatic carbocycles. The summed E-state index contributed by atoms with van der Waals surface area (Å²) in [7, 11) is 7.96. The zero-order valence-electron chi connectivity index (χ0n) is 25.4. The highest BCUT2D eigenvalue weighted by Crippen LogP contribution is 2.40. The first-order valence-electron chi connectivity index (χ1n) is 16.6. The molecular formula is C32H58O4S4. The van der Waals surface area contributed by atoms with E-state index in [9.17, 15) is 9.59 Å². The fraction of sp³-hybridized carbons (Fsp3) is 0.938. The van der Waals surface area contributed by atoms with E-state index >= 15 is 0 Å². The van der Waals surface area contributed by atoms with Crippen LogP contribution in [0.25, 0.3) is 0 Å². The molecule has 2 aliphatic rings. The molecule has 0 spiro atoms. The van der Waals surface area contributed by atoms with Crippen LogP contribution < -0.4 is 0 Å². The summed E-state index contributed by atoms with van der Waals surface area (Å²) in [6, 6.07) is 0. The van der Waals surface area contributed by atoms with Crippen LogP contribution in [0.4, 0.5) is 0 Å². The molecule has 0 aromatic heterocycles. The Morgan fingerprint density at radius 2 is 1.15 bits per heavy atom. The van der Waals surface area contributed by atoms with Crippen LogP contribution in [0, 0.1) is 0 Å². The maximum atomic E-state index is 12.6. The fourth-order valence-electron chi connectivity index (χ4n) is 5.30. The Hall–Kier alpha value is 0.340. The zero-order chi connectivity index (χ0) is 28.5. The predicted octanol–water partition coefficient (Wildman–Crippen LogP) is 11.0. The second-order valence-electron chi connectivity index (χ2n) is 11.6. The maximum Gasteiger partial charge on any atom is 0.306 e. The van der Waals surface area contributed by atoms with Crippen molar-refractivity contribution in [2.45, 2.75) is 171 Å². The standard InChI is InChI=1S/C32H58O4S4/c1-2-3-4-5-6-7-8-9-10-11-12-13-18-28(36-32(34)22-17-15-20-30-24-26-38-40-30)27-35-31(33)21-16-14-19-29-23-25-37-39-29/h28-30H,2-27H2,1H3. The average molecular weight is 635 g/mol. The number of esters is 2. The molecule has 2 aliphatic heterocycles. The molecule has 3 atom stereocenters. The third-order valence-electron chi connectivity index (χ3n) is 7.88. The average Bonchev–Trinajstić information content (AvgIpc) is 3.67. The summed E-state index contributed by atoms with van der Waals surface area (Å²) in [6.07, 6.45) is 26.1. The Morgan fingerprint density at radius 3 is 1.65 bits per heavy atom. The zero-order valence-corrected chi connectivity index (χ0v) is 28.6. The van der Waals surface area contributed by atoms with Crippen molar-refractivity contribution in [1.82, 2.24) is 0 Å². The molecule has 2 rings (SSSR count). The van der Waals surface area contributed by atoms with Crippen molar-refractivity contribution < 1.29 is 19.1 Å². The Morgan fingerprint density at radius 1 is 0.650 bits per heavy atom. The fourth-order valence-corrected chi connectivity index (χ4v) is 11.4. The van der Waals surface area contributed by atoms with Crippen molar-refractivity contribution in [2.24, 2.45) is 0 Å². The largest absolute Gasteiger partial charge is 0.462 e. The summed E-state index contributed by atoms with van der Waals surface area (Å²) in [5.74, 6) is 2.25. The lowest BCUT2D eigenvalue weighted by molar-refractivity contribution is -0.159. The minimum Gasteiger partial charge on any atom is -0.462 e. The smallest absolute Gasteiger partial charge is 0.306 e. The number of unbranched alkanes of at least 4 members (excludes halogenated alkanes) is 13. The molecule has 0 aromatic rings. The minimum absolute atomic E-state index is 0.125. The van der Waals surface area contributed by atoms with Crippen LogP contribution in [0.3, 0.4) is 0 Å². The van der Waals surface area contributed by atoms with Crippen LogP contribution in [0.2, 0.25) is 0 Å². The van der Waals surface area contributed by atoms with Gasteiger partial charge in [-0.15, -0.1) is 0 Å². The van der Waals surface area contributed by atoms with Gasteiger partial charge in [0.15, 0.2) is 0 Å². The summed E-state index contributed by atoms with van der Waals surface area (Å²) in [4.78, 5) is 24.9. The lowest BCUT2D eigenvalue weighted by atomic mass is 10.0. The highest BCUT2D eigenvalue weighted by molar-refractivity contribution is 8.77. The Balaban J connectivity index is 1.57. The van der Waals surface area contributed by atoms with E-state index in [1.54, 1.807) is 0 Å². The van der Waals surface area contributed by atoms with E-state index < -0.39 is 0 Å². The molecule has 0 aromatic carbocycles. The van der Waals surface area contributed by atoms with Crippen molar-refractivity contribution >= 4 is 55.1 Å². The monoisotopic (exact) mass is 634 g/mol. The van der Waals surface area contributed by atoms with Crippen LogP contribution in [0.1, 0.15) is 155 Å². The molecule has 3 unspecified atom stereocenters. The lowest BCUT2D eigenvalue weighted by Gasteiger charge is -2.18. The van der Waals surface area contributed by atoms with Crippen LogP contribution in [-0.2, 0) is 19.1 Å². The van der Waals surface area contributed by atoms with Gasteiger partial charge in [0.1, 0.15) is 12.7 Å². The lowest BCUT2D eigenvalue weighted by Crippen LogP contribution is -2.25. The third-order valence-corrected chi connectivity index (χ3v) is 13.9. The quantitative estimate of drug-likeness (QED) is 0.0529. The summed E-state index contributed by atoms with van der Waals surface area (Å²) in [6.45, 7) is 2.49. The van der Waals surface area contributed by atoms with E-state index in [4.69, 9.17) is 9.47 Å². The van der Waals surface area contributed by atoms with E-state index in [2.05, 4.69) is 6.92 Å². The molecule has 2 heterocycles. The molecular weight excluding hydrogens is 577 g/mol. The van der Waals surface area contributed by atoms with Gasteiger partial charge >= 0.3 is 11.9 Å². The molecule has 0 amide bonds. The first kappa shape index (κ1) is 36.5. The van der Waals surface area contributed by atoms with Crippen LogP contribution in [0.15, 0.2) is 0 Å². The molecule has 234 valence electrons. The number of hydrogen-bond donors (Lipinski definition) is 0. The topological polar surface area (TPSA) is 52.6 Å². The van der Waals surface area contributed by atoms with Gasteiger partial charge in [-0.1, -0.05) is 134 Å². The van der Waals surface area contributed by atoms with Gasteiger partial charge in [-0.05, 0) is 51.4 Å². The Labute approximate surface area is 262 Å². The van der Waals surface area contributed by atoms with E-state index in [1.165, 1.54) is 101 Å². The predicted molar refractivity (Wildman–Crippen MR) is 180 cm³/mol. The normalized spacial score (nSPS) is 19.6. The first-order chi connectivity index (χ1) is 19.7. The summed E-state index contributed by atoms with van der Waals surface area (Å²) in [5, 5.41) is 1.52. The molecule has 8 heteroatoms. The Kier molecular flexibility index (Phi) is 23.6. The first-order valence-corrected chi connectivity index (χ1v) is 21.4. The van der Waals surface area contributed by atoms with Crippen molar-refractivity contribution in [1.29, 1.82) is 0 Å². The number of ether oxygens (including phenoxy) is 2. The van der Waals surface area contributed by atoms with Crippen LogP contribution >= 0.6 is 43.2 Å². The molecule has 4 nitrogen and oxygen atoms in total. The Bertz CT molecular complexity index is 624. The number of rotatable bonds is 26.